The molecular formula is C21H29FN6O6. The average molecular weight is 480 g/mol. The number of halogens is 1. The third-order valence-corrected chi connectivity index (χ3v) is 5.41. The van der Waals surface area contributed by atoms with Crippen molar-refractivity contribution in [1.29, 1.82) is 0 Å². The van der Waals surface area contributed by atoms with Crippen LogP contribution in [0, 0.1) is 0 Å². The highest BCUT2D eigenvalue weighted by atomic mass is 19.1. The fourth-order valence-corrected chi connectivity index (χ4v) is 3.56. The summed E-state index contributed by atoms with van der Waals surface area (Å²) in [5, 5.41) is 5.45. The number of esters is 2. The third kappa shape index (κ3) is 4.93. The molecule has 1 aliphatic rings. The minimum absolute atomic E-state index is 0.00592. The van der Waals surface area contributed by atoms with Crippen molar-refractivity contribution in [3.05, 3.63) is 6.33 Å². The molecule has 1 saturated heterocycles. The number of fused-ring (bicyclic) bond motifs is 1. The molecule has 0 saturated carbocycles. The van der Waals surface area contributed by atoms with E-state index in [1.54, 1.807) is 27.8 Å². The van der Waals surface area contributed by atoms with E-state index in [0.717, 1.165) is 0 Å². The number of carbonyl (C=O) groups excluding carboxylic acids is 3. The molecule has 4 atom stereocenters. The molecule has 1 fully saturated rings. The van der Waals surface area contributed by atoms with E-state index in [2.05, 4.69) is 25.6 Å². The first-order chi connectivity index (χ1) is 16.2. The second-order valence-corrected chi connectivity index (χ2v) is 7.85. The van der Waals surface area contributed by atoms with Gasteiger partial charge in [0.1, 0.15) is 12.7 Å². The Morgan fingerprint density at radius 1 is 1.18 bits per heavy atom. The van der Waals surface area contributed by atoms with E-state index in [1.807, 2.05) is 0 Å². The van der Waals surface area contributed by atoms with Gasteiger partial charge in [0.2, 0.25) is 11.9 Å². The summed E-state index contributed by atoms with van der Waals surface area (Å²) in [7, 11) is 1.62. The standard InChI is InChI=1S/C21H29FN6O6/c1-6-12(29)25-20-26-17(23-5)15-18(27-20)28(10-24-15)19-21(4,22)16(34-14(31)8-3)11(33-19)9-32-13(30)7-2/h10-11,16,19H,6-9H2,1-5H3,(H2,23,25,26,27,29)/t11-,16?,19?,21?/m1/s1. The number of nitrogens with one attached hydrogen (secondary N) is 2. The van der Waals surface area contributed by atoms with Crippen LogP contribution in [-0.2, 0) is 28.6 Å². The minimum Gasteiger partial charge on any atom is -0.463 e. The van der Waals surface area contributed by atoms with Crippen LogP contribution in [0.25, 0.3) is 11.2 Å². The summed E-state index contributed by atoms with van der Waals surface area (Å²) in [6, 6.07) is 0. The quantitative estimate of drug-likeness (QED) is 0.512. The number of aromatic nitrogens is 4. The molecule has 186 valence electrons. The van der Waals surface area contributed by atoms with E-state index in [0.29, 0.717) is 11.3 Å². The molecule has 1 amide bonds. The van der Waals surface area contributed by atoms with E-state index in [1.165, 1.54) is 17.8 Å². The molecule has 0 radical (unpaired) electrons. The summed E-state index contributed by atoms with van der Waals surface area (Å²) >= 11 is 0. The normalized spacial score (nSPS) is 24.1. The Morgan fingerprint density at radius 3 is 2.50 bits per heavy atom. The molecule has 0 spiro atoms. The predicted octanol–water partition coefficient (Wildman–Crippen LogP) is 2.12. The van der Waals surface area contributed by atoms with Crippen molar-refractivity contribution >= 4 is 40.8 Å². The van der Waals surface area contributed by atoms with Crippen molar-refractivity contribution in [1.82, 2.24) is 19.5 Å². The van der Waals surface area contributed by atoms with Crippen molar-refractivity contribution in [3.8, 4) is 0 Å². The number of alkyl halides is 1. The lowest BCUT2D eigenvalue weighted by atomic mass is 9.98. The van der Waals surface area contributed by atoms with E-state index in [-0.39, 0.29) is 43.4 Å². The first-order valence-corrected chi connectivity index (χ1v) is 11.1. The number of rotatable bonds is 9. The molecule has 34 heavy (non-hydrogen) atoms. The van der Waals surface area contributed by atoms with Gasteiger partial charge in [-0.3, -0.25) is 24.3 Å². The Bertz CT molecular complexity index is 1070. The maximum Gasteiger partial charge on any atom is 0.305 e. The van der Waals surface area contributed by atoms with Gasteiger partial charge < -0.3 is 19.5 Å². The number of anilines is 2. The average Bonchev–Trinajstić information content (AvgIpc) is 3.34. The lowest BCUT2D eigenvalue weighted by molar-refractivity contribution is -0.161. The molecule has 0 bridgehead atoms. The zero-order chi connectivity index (χ0) is 25.0. The zero-order valence-electron chi connectivity index (χ0n) is 19.8. The smallest absolute Gasteiger partial charge is 0.305 e. The largest absolute Gasteiger partial charge is 0.463 e. The van der Waals surface area contributed by atoms with Gasteiger partial charge in [0.25, 0.3) is 0 Å². The lowest BCUT2D eigenvalue weighted by Gasteiger charge is -2.27. The summed E-state index contributed by atoms with van der Waals surface area (Å²) in [6.07, 6.45) is -2.03. The molecule has 2 aromatic rings. The van der Waals surface area contributed by atoms with E-state index >= 15 is 4.39 Å². The van der Waals surface area contributed by atoms with E-state index in [4.69, 9.17) is 14.2 Å². The molecule has 0 aromatic carbocycles. The van der Waals surface area contributed by atoms with Crippen LogP contribution in [0.4, 0.5) is 16.2 Å². The summed E-state index contributed by atoms with van der Waals surface area (Å²) in [5.41, 5.74) is -1.73. The number of hydrogen-bond donors (Lipinski definition) is 2. The Labute approximate surface area is 195 Å². The first-order valence-electron chi connectivity index (χ1n) is 11.1. The molecule has 3 heterocycles. The van der Waals surface area contributed by atoms with Gasteiger partial charge in [-0.1, -0.05) is 20.8 Å². The second-order valence-electron chi connectivity index (χ2n) is 7.85. The van der Waals surface area contributed by atoms with Crippen LogP contribution >= 0.6 is 0 Å². The van der Waals surface area contributed by atoms with Crippen LogP contribution in [0.15, 0.2) is 6.33 Å². The fourth-order valence-electron chi connectivity index (χ4n) is 3.56. The zero-order valence-corrected chi connectivity index (χ0v) is 19.8. The van der Waals surface area contributed by atoms with Gasteiger partial charge in [0.05, 0.1) is 6.33 Å². The molecule has 13 heteroatoms. The van der Waals surface area contributed by atoms with Crippen LogP contribution in [-0.4, -0.2) is 68.9 Å². The van der Waals surface area contributed by atoms with Crippen LogP contribution in [0.1, 0.15) is 53.2 Å². The highest BCUT2D eigenvalue weighted by Crippen LogP contribution is 2.44. The lowest BCUT2D eigenvalue weighted by Crippen LogP contribution is -2.44. The number of nitrogens with zero attached hydrogens (tertiary/aromatic N) is 4. The first kappa shape index (κ1) is 25.3. The molecule has 0 aliphatic carbocycles. The Morgan fingerprint density at radius 2 is 1.88 bits per heavy atom. The second kappa shape index (κ2) is 10.3. The molecule has 2 N–H and O–H groups in total. The number of imidazole rings is 1. The molecule has 3 unspecified atom stereocenters. The number of amides is 1. The molecule has 2 aromatic heterocycles. The molecule has 1 aliphatic heterocycles. The monoisotopic (exact) mass is 480 g/mol. The Kier molecular flexibility index (Phi) is 7.64. The van der Waals surface area contributed by atoms with E-state index in [9.17, 15) is 14.4 Å². The maximum absolute atomic E-state index is 16.2. The van der Waals surface area contributed by atoms with Crippen molar-refractivity contribution in [2.45, 2.75) is 71.1 Å². The summed E-state index contributed by atoms with van der Waals surface area (Å²) in [5.74, 6) is -1.10. The highest BCUT2D eigenvalue weighted by Gasteiger charge is 2.58. The highest BCUT2D eigenvalue weighted by molar-refractivity contribution is 5.91. The maximum atomic E-state index is 16.2. The Balaban J connectivity index is 2.03. The summed E-state index contributed by atoms with van der Waals surface area (Å²) < 4.78 is 34.0. The van der Waals surface area contributed by atoms with Crippen molar-refractivity contribution in [2.75, 3.05) is 24.3 Å². The molecular weight excluding hydrogens is 451 g/mol. The number of hydrogen-bond acceptors (Lipinski definition) is 10. The molecule has 3 rings (SSSR count). The van der Waals surface area contributed by atoms with Gasteiger partial charge in [-0.15, -0.1) is 0 Å². The number of carbonyl (C=O) groups is 3. The molecule has 12 nitrogen and oxygen atoms in total. The van der Waals surface area contributed by atoms with Gasteiger partial charge in [0.15, 0.2) is 35.0 Å². The Hall–Kier alpha value is -3.35. The van der Waals surface area contributed by atoms with Crippen molar-refractivity contribution in [3.63, 3.8) is 0 Å². The van der Waals surface area contributed by atoms with Crippen LogP contribution < -0.4 is 10.6 Å². The SMILES string of the molecule is CCC(=O)Nc1nc(NC)c2ncn(C3O[C@H](COC(=O)CC)C(OC(=O)CC)C3(C)F)c2n1. The van der Waals surface area contributed by atoms with Crippen molar-refractivity contribution < 1.29 is 33.0 Å². The van der Waals surface area contributed by atoms with Crippen molar-refractivity contribution in [2.24, 2.45) is 0 Å². The minimum atomic E-state index is -2.24. The van der Waals surface area contributed by atoms with Crippen LogP contribution in [0.2, 0.25) is 0 Å². The third-order valence-electron chi connectivity index (χ3n) is 5.41. The van der Waals surface area contributed by atoms with Crippen LogP contribution in [0.5, 0.6) is 0 Å². The van der Waals surface area contributed by atoms with E-state index < -0.39 is 36.0 Å². The van der Waals surface area contributed by atoms with Gasteiger partial charge in [0, 0.05) is 26.3 Å². The number of ether oxygens (including phenoxy) is 3. The van der Waals surface area contributed by atoms with Gasteiger partial charge >= 0.3 is 11.9 Å². The topological polar surface area (TPSA) is 147 Å². The van der Waals surface area contributed by atoms with Gasteiger partial charge in [-0.2, -0.15) is 9.97 Å². The van der Waals surface area contributed by atoms with Gasteiger partial charge in [-0.25, -0.2) is 9.37 Å². The van der Waals surface area contributed by atoms with Crippen LogP contribution in [0.3, 0.4) is 0 Å². The predicted molar refractivity (Wildman–Crippen MR) is 119 cm³/mol. The van der Waals surface area contributed by atoms with Gasteiger partial charge in [-0.05, 0) is 6.92 Å². The summed E-state index contributed by atoms with van der Waals surface area (Å²) in [6.45, 7) is 5.83. The summed E-state index contributed by atoms with van der Waals surface area (Å²) in [4.78, 5) is 48.4. The fraction of sp³-hybridized carbons (Fsp3) is 0.619.